The standard InChI is InChI=1S/C18H18ClN3O/c1-11-4-5-14(8-15(11)19)21-18(23)9-22-10-20-16-6-12(2)13(3)7-17(16)22/h4-8,10H,9H2,1-3H3,(H,21,23). The largest absolute Gasteiger partial charge is 0.324 e. The number of imidazole rings is 1. The molecule has 1 aromatic heterocycles. The minimum Gasteiger partial charge on any atom is -0.324 e. The van der Waals surface area contributed by atoms with E-state index in [0.717, 1.165) is 16.6 Å². The lowest BCUT2D eigenvalue weighted by molar-refractivity contribution is -0.116. The Hall–Kier alpha value is -2.33. The molecule has 1 amide bonds. The Morgan fingerprint density at radius 3 is 2.61 bits per heavy atom. The highest BCUT2D eigenvalue weighted by Gasteiger charge is 2.09. The molecule has 3 rings (SSSR count). The second-order valence-corrected chi connectivity index (χ2v) is 6.22. The van der Waals surface area contributed by atoms with Crippen LogP contribution in [0.3, 0.4) is 0 Å². The predicted octanol–water partition coefficient (Wildman–Crippen LogP) is 4.25. The monoisotopic (exact) mass is 327 g/mol. The van der Waals surface area contributed by atoms with Crippen molar-refractivity contribution >= 4 is 34.2 Å². The number of aromatic nitrogens is 2. The number of anilines is 1. The maximum atomic E-state index is 12.3. The molecule has 0 spiro atoms. The van der Waals surface area contributed by atoms with Gasteiger partial charge in [0.05, 0.1) is 17.4 Å². The van der Waals surface area contributed by atoms with Gasteiger partial charge in [-0.25, -0.2) is 4.98 Å². The molecule has 3 aromatic rings. The van der Waals surface area contributed by atoms with Crippen LogP contribution in [0.15, 0.2) is 36.7 Å². The van der Waals surface area contributed by atoms with Crippen molar-refractivity contribution in [2.24, 2.45) is 0 Å². The third-order valence-electron chi connectivity index (χ3n) is 4.01. The lowest BCUT2D eigenvalue weighted by Crippen LogP contribution is -2.18. The lowest BCUT2D eigenvalue weighted by atomic mass is 10.1. The van der Waals surface area contributed by atoms with E-state index in [-0.39, 0.29) is 12.5 Å². The van der Waals surface area contributed by atoms with Crippen molar-refractivity contribution in [3.05, 3.63) is 58.4 Å². The third kappa shape index (κ3) is 3.22. The summed E-state index contributed by atoms with van der Waals surface area (Å²) in [5, 5.41) is 3.51. The molecule has 5 heteroatoms. The highest BCUT2D eigenvalue weighted by molar-refractivity contribution is 6.31. The molecule has 0 atom stereocenters. The maximum absolute atomic E-state index is 12.3. The molecular formula is C18H18ClN3O. The van der Waals surface area contributed by atoms with Crippen LogP contribution in [-0.2, 0) is 11.3 Å². The molecule has 1 N–H and O–H groups in total. The van der Waals surface area contributed by atoms with Gasteiger partial charge in [0.2, 0.25) is 5.91 Å². The van der Waals surface area contributed by atoms with E-state index in [2.05, 4.69) is 30.2 Å². The number of halogens is 1. The van der Waals surface area contributed by atoms with E-state index in [9.17, 15) is 4.79 Å². The minimum atomic E-state index is -0.109. The zero-order chi connectivity index (χ0) is 16.6. The number of carbonyl (C=O) groups excluding carboxylic acids is 1. The first kappa shape index (κ1) is 15.6. The van der Waals surface area contributed by atoms with Crippen molar-refractivity contribution in [2.75, 3.05) is 5.32 Å². The van der Waals surface area contributed by atoms with Crippen molar-refractivity contribution in [3.8, 4) is 0 Å². The van der Waals surface area contributed by atoms with Gasteiger partial charge in [-0.2, -0.15) is 0 Å². The van der Waals surface area contributed by atoms with E-state index < -0.39 is 0 Å². The number of rotatable bonds is 3. The average Bonchev–Trinajstić information content (AvgIpc) is 2.86. The fraction of sp³-hybridized carbons (Fsp3) is 0.222. The molecule has 0 radical (unpaired) electrons. The molecular weight excluding hydrogens is 310 g/mol. The van der Waals surface area contributed by atoms with Gasteiger partial charge in [-0.1, -0.05) is 17.7 Å². The van der Waals surface area contributed by atoms with Crippen LogP contribution in [0.5, 0.6) is 0 Å². The molecule has 0 saturated heterocycles. The molecule has 2 aromatic carbocycles. The van der Waals surface area contributed by atoms with Gasteiger partial charge >= 0.3 is 0 Å². The van der Waals surface area contributed by atoms with Gasteiger partial charge < -0.3 is 9.88 Å². The van der Waals surface area contributed by atoms with E-state index >= 15 is 0 Å². The number of fused-ring (bicyclic) bond motifs is 1. The molecule has 0 saturated carbocycles. The molecule has 23 heavy (non-hydrogen) atoms. The summed E-state index contributed by atoms with van der Waals surface area (Å²) in [5.41, 5.74) is 5.93. The summed E-state index contributed by atoms with van der Waals surface area (Å²) in [4.78, 5) is 16.6. The summed E-state index contributed by atoms with van der Waals surface area (Å²) in [6.45, 7) is 6.25. The molecule has 1 heterocycles. The van der Waals surface area contributed by atoms with E-state index in [1.54, 1.807) is 12.4 Å². The Morgan fingerprint density at radius 2 is 1.87 bits per heavy atom. The number of carbonyl (C=O) groups is 1. The molecule has 0 aliphatic carbocycles. The molecule has 0 unspecified atom stereocenters. The van der Waals surface area contributed by atoms with Crippen molar-refractivity contribution < 1.29 is 4.79 Å². The van der Waals surface area contributed by atoms with E-state index in [1.807, 2.05) is 29.7 Å². The number of amides is 1. The van der Waals surface area contributed by atoms with E-state index in [4.69, 9.17) is 11.6 Å². The number of benzene rings is 2. The molecule has 0 bridgehead atoms. The number of hydrogen-bond acceptors (Lipinski definition) is 2. The zero-order valence-electron chi connectivity index (χ0n) is 13.4. The first-order valence-corrected chi connectivity index (χ1v) is 7.80. The van der Waals surface area contributed by atoms with E-state index in [0.29, 0.717) is 10.7 Å². The Kier molecular flexibility index (Phi) is 4.09. The van der Waals surface area contributed by atoms with Crippen LogP contribution >= 0.6 is 11.6 Å². The summed E-state index contributed by atoms with van der Waals surface area (Å²) in [6, 6.07) is 9.59. The Morgan fingerprint density at radius 1 is 1.13 bits per heavy atom. The quantitative estimate of drug-likeness (QED) is 0.781. The smallest absolute Gasteiger partial charge is 0.244 e. The van der Waals surface area contributed by atoms with Crippen LogP contribution in [0.25, 0.3) is 11.0 Å². The van der Waals surface area contributed by atoms with Gasteiger partial charge in [-0.3, -0.25) is 4.79 Å². The Labute approximate surface area is 140 Å². The Bertz CT molecular complexity index is 899. The SMILES string of the molecule is Cc1cc2ncn(CC(=O)Nc3ccc(C)c(Cl)c3)c2cc1C. The zero-order valence-corrected chi connectivity index (χ0v) is 14.1. The van der Waals surface area contributed by atoms with Gasteiger partial charge in [0.15, 0.2) is 0 Å². The number of nitrogens with one attached hydrogen (secondary N) is 1. The molecule has 0 fully saturated rings. The molecule has 0 aliphatic rings. The van der Waals surface area contributed by atoms with Crippen molar-refractivity contribution in [1.29, 1.82) is 0 Å². The molecule has 4 nitrogen and oxygen atoms in total. The highest BCUT2D eigenvalue weighted by Crippen LogP contribution is 2.21. The fourth-order valence-electron chi connectivity index (χ4n) is 2.47. The van der Waals surface area contributed by atoms with Crippen LogP contribution in [0.4, 0.5) is 5.69 Å². The maximum Gasteiger partial charge on any atom is 0.244 e. The predicted molar refractivity (Wildman–Crippen MR) is 94.0 cm³/mol. The molecule has 0 aliphatic heterocycles. The minimum absolute atomic E-state index is 0.109. The summed E-state index contributed by atoms with van der Waals surface area (Å²) in [7, 11) is 0. The lowest BCUT2D eigenvalue weighted by Gasteiger charge is -2.09. The summed E-state index contributed by atoms with van der Waals surface area (Å²) in [5.74, 6) is -0.109. The number of aryl methyl sites for hydroxylation is 3. The normalized spacial score (nSPS) is 11.0. The van der Waals surface area contributed by atoms with Gasteiger partial charge in [-0.05, 0) is 61.7 Å². The van der Waals surface area contributed by atoms with Crippen LogP contribution < -0.4 is 5.32 Å². The van der Waals surface area contributed by atoms with Crippen LogP contribution in [0, 0.1) is 20.8 Å². The van der Waals surface area contributed by atoms with Crippen LogP contribution in [-0.4, -0.2) is 15.5 Å². The first-order valence-electron chi connectivity index (χ1n) is 7.42. The van der Waals surface area contributed by atoms with E-state index in [1.165, 1.54) is 11.1 Å². The second-order valence-electron chi connectivity index (χ2n) is 5.81. The summed E-state index contributed by atoms with van der Waals surface area (Å²) < 4.78 is 1.85. The second kappa shape index (κ2) is 6.05. The summed E-state index contributed by atoms with van der Waals surface area (Å²) in [6.07, 6.45) is 1.70. The number of hydrogen-bond donors (Lipinski definition) is 1. The van der Waals surface area contributed by atoms with Crippen molar-refractivity contribution in [1.82, 2.24) is 9.55 Å². The van der Waals surface area contributed by atoms with Gasteiger partial charge in [0, 0.05) is 10.7 Å². The van der Waals surface area contributed by atoms with Crippen LogP contribution in [0.2, 0.25) is 5.02 Å². The van der Waals surface area contributed by atoms with Crippen molar-refractivity contribution in [3.63, 3.8) is 0 Å². The first-order chi connectivity index (χ1) is 10.9. The fourth-order valence-corrected chi connectivity index (χ4v) is 2.65. The highest BCUT2D eigenvalue weighted by atomic mass is 35.5. The topological polar surface area (TPSA) is 46.9 Å². The third-order valence-corrected chi connectivity index (χ3v) is 4.41. The number of nitrogens with zero attached hydrogens (tertiary/aromatic N) is 2. The Balaban J connectivity index is 1.80. The van der Waals surface area contributed by atoms with Crippen LogP contribution in [0.1, 0.15) is 16.7 Å². The summed E-state index contributed by atoms with van der Waals surface area (Å²) >= 11 is 6.08. The molecule has 118 valence electrons. The van der Waals surface area contributed by atoms with Gasteiger partial charge in [0.1, 0.15) is 6.54 Å². The van der Waals surface area contributed by atoms with Gasteiger partial charge in [-0.15, -0.1) is 0 Å². The average molecular weight is 328 g/mol. The van der Waals surface area contributed by atoms with Gasteiger partial charge in [0.25, 0.3) is 0 Å². The van der Waals surface area contributed by atoms with Crippen molar-refractivity contribution in [2.45, 2.75) is 27.3 Å².